The quantitative estimate of drug-likeness (QED) is 0.311. The van der Waals surface area contributed by atoms with Crippen molar-refractivity contribution in [2.45, 2.75) is 27.7 Å². The van der Waals surface area contributed by atoms with Crippen LogP contribution in [0.25, 0.3) is 11.8 Å². The van der Waals surface area contributed by atoms with Crippen LogP contribution in [0.4, 0.5) is 10.5 Å². The minimum absolute atomic E-state index is 0.160. The summed E-state index contributed by atoms with van der Waals surface area (Å²) in [6.07, 6.45) is 1.47. The van der Waals surface area contributed by atoms with Crippen LogP contribution in [0.5, 0.6) is 0 Å². The number of imide groups is 2. The lowest BCUT2D eigenvalue weighted by Gasteiger charge is -2.26. The molecule has 2 aromatic carbocycles. The van der Waals surface area contributed by atoms with Gasteiger partial charge < -0.3 is 9.30 Å². The van der Waals surface area contributed by atoms with E-state index < -0.39 is 23.8 Å². The lowest BCUT2D eigenvalue weighted by molar-refractivity contribution is -0.122. The van der Waals surface area contributed by atoms with Crippen LogP contribution in [0.2, 0.25) is 5.02 Å². The summed E-state index contributed by atoms with van der Waals surface area (Å²) in [7, 11) is 1.28. The first-order valence-corrected chi connectivity index (χ1v) is 11.5. The summed E-state index contributed by atoms with van der Waals surface area (Å²) < 4.78 is 6.63. The Morgan fingerprint density at radius 2 is 1.64 bits per heavy atom. The van der Waals surface area contributed by atoms with Crippen LogP contribution >= 0.6 is 11.6 Å². The second kappa shape index (κ2) is 9.47. The molecule has 1 aromatic heterocycles. The molecule has 2 heterocycles. The van der Waals surface area contributed by atoms with Crippen molar-refractivity contribution in [2.75, 3.05) is 12.0 Å². The van der Waals surface area contributed by atoms with Gasteiger partial charge in [0.15, 0.2) is 0 Å². The molecule has 8 nitrogen and oxygen atoms in total. The van der Waals surface area contributed by atoms with Crippen molar-refractivity contribution in [1.82, 2.24) is 9.88 Å². The number of aromatic nitrogens is 1. The number of barbiturate groups is 1. The summed E-state index contributed by atoms with van der Waals surface area (Å²) >= 11 is 6.31. The van der Waals surface area contributed by atoms with Crippen LogP contribution in [0.1, 0.15) is 38.4 Å². The first kappa shape index (κ1) is 24.9. The van der Waals surface area contributed by atoms with Crippen LogP contribution in [0.15, 0.2) is 48.0 Å². The first-order chi connectivity index (χ1) is 17.0. The Hall–Kier alpha value is -4.17. The van der Waals surface area contributed by atoms with Gasteiger partial charge in [-0.25, -0.2) is 14.5 Å². The van der Waals surface area contributed by atoms with E-state index >= 15 is 0 Å². The lowest BCUT2D eigenvalue weighted by Crippen LogP contribution is -2.54. The number of aryl methyl sites for hydroxylation is 3. The number of rotatable bonds is 4. The van der Waals surface area contributed by atoms with Gasteiger partial charge in [0.1, 0.15) is 5.57 Å². The molecule has 9 heteroatoms. The number of nitrogens with zero attached hydrogens (tertiary/aromatic N) is 2. The summed E-state index contributed by atoms with van der Waals surface area (Å²) in [5, 5.41) is 2.49. The Morgan fingerprint density at radius 1 is 0.944 bits per heavy atom. The van der Waals surface area contributed by atoms with Gasteiger partial charge in [0.2, 0.25) is 0 Å². The number of halogens is 1. The number of benzene rings is 2. The Bertz CT molecular complexity index is 1480. The van der Waals surface area contributed by atoms with E-state index in [0.717, 1.165) is 27.4 Å². The molecule has 0 saturated carbocycles. The number of carbonyl (C=O) groups excluding carboxylic acids is 4. The number of hydrogen-bond donors (Lipinski definition) is 1. The third-order valence-corrected chi connectivity index (χ3v) is 6.55. The molecule has 1 N–H and O–H groups in total. The molecule has 1 aliphatic rings. The molecular formula is C27H24ClN3O5. The zero-order valence-corrected chi connectivity index (χ0v) is 21.2. The summed E-state index contributed by atoms with van der Waals surface area (Å²) in [5.74, 6) is -2.01. The van der Waals surface area contributed by atoms with E-state index in [0.29, 0.717) is 16.9 Å². The molecule has 4 rings (SSSR count). The van der Waals surface area contributed by atoms with Crippen molar-refractivity contribution in [3.05, 3.63) is 86.7 Å². The van der Waals surface area contributed by atoms with E-state index in [2.05, 4.69) is 5.32 Å². The standard InChI is InChI=1S/C27H24ClN3O5/c1-14-6-7-19(10-15(14)2)31-25(33)22(24(32)29-27(31)35)12-18-11-16(3)30(17(18)4)20-8-9-21(23(28)13-20)26(34)36-5/h6-13H,1-5H3,(H,29,32,35)/b22-12+. The van der Waals surface area contributed by atoms with Gasteiger partial charge in [0.25, 0.3) is 11.8 Å². The van der Waals surface area contributed by atoms with Crippen molar-refractivity contribution in [3.63, 3.8) is 0 Å². The second-order valence-electron chi connectivity index (χ2n) is 8.54. The fourth-order valence-corrected chi connectivity index (χ4v) is 4.41. The Morgan fingerprint density at radius 3 is 2.28 bits per heavy atom. The van der Waals surface area contributed by atoms with Gasteiger partial charge in [-0.1, -0.05) is 17.7 Å². The molecule has 3 aromatic rings. The highest BCUT2D eigenvalue weighted by molar-refractivity contribution is 6.39. The molecule has 0 spiro atoms. The van der Waals surface area contributed by atoms with Crippen molar-refractivity contribution in [2.24, 2.45) is 0 Å². The van der Waals surface area contributed by atoms with Crippen molar-refractivity contribution in [3.8, 4) is 5.69 Å². The zero-order chi connectivity index (χ0) is 26.3. The lowest BCUT2D eigenvalue weighted by atomic mass is 10.1. The largest absolute Gasteiger partial charge is 0.465 e. The van der Waals surface area contributed by atoms with Gasteiger partial charge in [-0.2, -0.15) is 0 Å². The maximum absolute atomic E-state index is 13.3. The molecular weight excluding hydrogens is 482 g/mol. The van der Waals surface area contributed by atoms with Gasteiger partial charge in [0.05, 0.1) is 23.4 Å². The topological polar surface area (TPSA) is 97.7 Å². The van der Waals surface area contributed by atoms with E-state index in [1.165, 1.54) is 13.2 Å². The molecule has 4 amide bonds. The maximum atomic E-state index is 13.3. The van der Waals surface area contributed by atoms with Crippen LogP contribution in [-0.4, -0.2) is 35.5 Å². The number of hydrogen-bond acceptors (Lipinski definition) is 5. The molecule has 36 heavy (non-hydrogen) atoms. The van der Waals surface area contributed by atoms with Crippen LogP contribution in [-0.2, 0) is 14.3 Å². The average molecular weight is 506 g/mol. The highest BCUT2D eigenvalue weighted by Crippen LogP contribution is 2.29. The molecule has 0 aliphatic carbocycles. The number of anilines is 1. The van der Waals surface area contributed by atoms with Gasteiger partial charge in [-0.05, 0) is 86.9 Å². The first-order valence-electron chi connectivity index (χ1n) is 11.1. The third kappa shape index (κ3) is 4.31. The molecule has 1 aliphatic heterocycles. The number of nitrogens with one attached hydrogen (secondary N) is 1. The monoisotopic (exact) mass is 505 g/mol. The Kier molecular flexibility index (Phi) is 6.56. The number of amides is 4. The highest BCUT2D eigenvalue weighted by atomic mass is 35.5. The predicted molar refractivity (Wildman–Crippen MR) is 137 cm³/mol. The SMILES string of the molecule is COC(=O)c1ccc(-n2c(C)cc(/C=C3\C(=O)NC(=O)N(c4ccc(C)c(C)c4)C3=O)c2C)cc1Cl. The zero-order valence-electron chi connectivity index (χ0n) is 20.4. The number of esters is 1. The molecule has 1 saturated heterocycles. The minimum Gasteiger partial charge on any atom is -0.465 e. The van der Waals surface area contributed by atoms with Crippen LogP contribution in [0, 0.1) is 27.7 Å². The summed E-state index contributed by atoms with van der Waals surface area (Å²) in [6.45, 7) is 7.51. The summed E-state index contributed by atoms with van der Waals surface area (Å²) in [5.41, 5.74) is 5.25. The van der Waals surface area contributed by atoms with Crippen LogP contribution < -0.4 is 10.2 Å². The van der Waals surface area contributed by atoms with Gasteiger partial charge >= 0.3 is 12.0 Å². The van der Waals surface area contributed by atoms with Crippen LogP contribution in [0.3, 0.4) is 0 Å². The molecule has 0 bridgehead atoms. The summed E-state index contributed by atoms with van der Waals surface area (Å²) in [6, 6.07) is 11.2. The number of urea groups is 1. The fourth-order valence-electron chi connectivity index (χ4n) is 4.16. The number of ether oxygens (including phenoxy) is 1. The van der Waals surface area contributed by atoms with E-state index in [4.69, 9.17) is 16.3 Å². The smallest absolute Gasteiger partial charge is 0.339 e. The molecule has 1 fully saturated rings. The third-order valence-electron chi connectivity index (χ3n) is 6.24. The number of carbonyl (C=O) groups is 4. The predicted octanol–water partition coefficient (Wildman–Crippen LogP) is 4.82. The number of methoxy groups -OCH3 is 1. The maximum Gasteiger partial charge on any atom is 0.339 e. The highest BCUT2D eigenvalue weighted by Gasteiger charge is 2.37. The van der Waals surface area contributed by atoms with E-state index in [1.807, 2.05) is 44.4 Å². The van der Waals surface area contributed by atoms with E-state index in [9.17, 15) is 19.2 Å². The van der Waals surface area contributed by atoms with Crippen molar-refractivity contribution in [1.29, 1.82) is 0 Å². The fraction of sp³-hybridized carbons (Fsp3) is 0.185. The summed E-state index contributed by atoms with van der Waals surface area (Å²) in [4.78, 5) is 51.3. The van der Waals surface area contributed by atoms with Gasteiger partial charge in [-0.15, -0.1) is 0 Å². The Balaban J connectivity index is 1.75. The molecule has 0 unspecified atom stereocenters. The van der Waals surface area contributed by atoms with Gasteiger partial charge in [-0.3, -0.25) is 14.9 Å². The van der Waals surface area contributed by atoms with Crippen molar-refractivity contribution < 1.29 is 23.9 Å². The van der Waals surface area contributed by atoms with E-state index in [-0.39, 0.29) is 16.2 Å². The minimum atomic E-state index is -0.795. The van der Waals surface area contributed by atoms with Crippen molar-refractivity contribution >= 4 is 47.2 Å². The Labute approximate surface area is 213 Å². The molecule has 184 valence electrons. The molecule has 0 radical (unpaired) electrons. The normalized spacial score (nSPS) is 14.9. The second-order valence-corrected chi connectivity index (χ2v) is 8.95. The van der Waals surface area contributed by atoms with Gasteiger partial charge in [0, 0.05) is 17.1 Å². The van der Waals surface area contributed by atoms with E-state index in [1.54, 1.807) is 30.3 Å². The average Bonchev–Trinajstić information content (AvgIpc) is 3.10. The molecule has 0 atom stereocenters.